The molecule has 4 heteroatoms. The number of rotatable bonds is 4. The van der Waals surface area contributed by atoms with Gasteiger partial charge in [0.2, 0.25) is 0 Å². The van der Waals surface area contributed by atoms with Crippen LogP contribution in [0.1, 0.15) is 40.1 Å². The summed E-state index contributed by atoms with van der Waals surface area (Å²) < 4.78 is 10.2. The Kier molecular flexibility index (Phi) is 4.58. The quantitative estimate of drug-likeness (QED) is 0.808. The van der Waals surface area contributed by atoms with Gasteiger partial charge in [-0.05, 0) is 37.5 Å². The third-order valence-electron chi connectivity index (χ3n) is 3.29. The van der Waals surface area contributed by atoms with Crippen molar-refractivity contribution < 1.29 is 19.1 Å². The Morgan fingerprint density at radius 2 is 1.29 bits per heavy atom. The number of fused-ring (bicyclic) bond motifs is 1. The van der Waals surface area contributed by atoms with Gasteiger partial charge in [-0.25, -0.2) is 9.59 Å². The van der Waals surface area contributed by atoms with E-state index in [0.717, 1.165) is 0 Å². The zero-order valence-electron chi connectivity index (χ0n) is 12.4. The first-order chi connectivity index (χ1) is 10.1. The van der Waals surface area contributed by atoms with Crippen LogP contribution in [0.15, 0.2) is 30.3 Å². The van der Waals surface area contributed by atoms with Crippen LogP contribution in [0.25, 0.3) is 11.1 Å². The van der Waals surface area contributed by atoms with Crippen LogP contribution >= 0.6 is 0 Å². The largest absolute Gasteiger partial charge is 0.462 e. The standard InChI is InChI=1S/C17H18O4/c1-4-20-16(18)14-11(3)15(17(19)21-5-2)13-10-8-6-7-9-12(13)14/h6-10H,4-5H2,1-3H3. The molecular formula is C17H18O4. The van der Waals surface area contributed by atoms with Crippen LogP contribution in [0.3, 0.4) is 0 Å². The van der Waals surface area contributed by atoms with Gasteiger partial charge in [-0.3, -0.25) is 0 Å². The molecule has 0 spiro atoms. The van der Waals surface area contributed by atoms with Crippen molar-refractivity contribution in [1.29, 1.82) is 0 Å². The first-order valence-corrected chi connectivity index (χ1v) is 6.97. The molecule has 21 heavy (non-hydrogen) atoms. The minimum Gasteiger partial charge on any atom is -0.462 e. The van der Waals surface area contributed by atoms with Crippen molar-refractivity contribution in [2.24, 2.45) is 0 Å². The highest BCUT2D eigenvalue weighted by Crippen LogP contribution is 2.36. The van der Waals surface area contributed by atoms with E-state index in [4.69, 9.17) is 9.47 Å². The van der Waals surface area contributed by atoms with E-state index in [1.165, 1.54) is 0 Å². The molecule has 0 fully saturated rings. The molecule has 0 aliphatic heterocycles. The monoisotopic (exact) mass is 286 g/mol. The van der Waals surface area contributed by atoms with Crippen LogP contribution < -0.4 is 0 Å². The Hall–Kier alpha value is -2.36. The smallest absolute Gasteiger partial charge is 0.339 e. The molecule has 2 aliphatic rings. The number of hydrogen-bond acceptors (Lipinski definition) is 4. The molecule has 2 aliphatic carbocycles. The molecule has 0 saturated heterocycles. The number of ether oxygens (including phenoxy) is 2. The summed E-state index contributed by atoms with van der Waals surface area (Å²) >= 11 is 0. The van der Waals surface area contributed by atoms with Gasteiger partial charge in [-0.2, -0.15) is 0 Å². The second-order valence-corrected chi connectivity index (χ2v) is 4.55. The van der Waals surface area contributed by atoms with E-state index in [0.29, 0.717) is 41.0 Å². The maximum absolute atomic E-state index is 12.2. The Labute approximate surface area is 124 Å². The van der Waals surface area contributed by atoms with Crippen LogP contribution in [-0.2, 0) is 9.47 Å². The molecule has 0 aromatic carbocycles. The third kappa shape index (κ3) is 2.75. The van der Waals surface area contributed by atoms with Crippen molar-refractivity contribution in [2.45, 2.75) is 20.8 Å². The Morgan fingerprint density at radius 3 is 1.67 bits per heavy atom. The van der Waals surface area contributed by atoms with Crippen LogP contribution in [0.2, 0.25) is 0 Å². The molecule has 0 amide bonds. The highest BCUT2D eigenvalue weighted by Gasteiger charge is 2.29. The summed E-state index contributed by atoms with van der Waals surface area (Å²) in [5, 5.41) is 0. The van der Waals surface area contributed by atoms with Gasteiger partial charge in [0.25, 0.3) is 0 Å². The predicted molar refractivity (Wildman–Crippen MR) is 79.7 cm³/mol. The number of carbonyl (C=O) groups is 2. The molecule has 0 bridgehead atoms. The molecule has 110 valence electrons. The van der Waals surface area contributed by atoms with Crippen molar-refractivity contribution in [1.82, 2.24) is 0 Å². The van der Waals surface area contributed by atoms with Crippen molar-refractivity contribution in [3.63, 3.8) is 0 Å². The van der Waals surface area contributed by atoms with Crippen LogP contribution in [0.5, 0.6) is 0 Å². The topological polar surface area (TPSA) is 52.6 Å². The molecule has 0 aromatic rings. The number of carbonyl (C=O) groups excluding carboxylic acids is 2. The fourth-order valence-corrected chi connectivity index (χ4v) is 2.44. The summed E-state index contributed by atoms with van der Waals surface area (Å²) in [7, 11) is 0. The molecular weight excluding hydrogens is 268 g/mol. The van der Waals surface area contributed by atoms with Gasteiger partial charge >= 0.3 is 11.9 Å². The van der Waals surface area contributed by atoms with E-state index in [1.807, 2.05) is 30.3 Å². The predicted octanol–water partition coefficient (Wildman–Crippen LogP) is 3.45. The zero-order valence-corrected chi connectivity index (χ0v) is 12.4. The Bertz CT molecular complexity index is 593. The molecule has 0 N–H and O–H groups in total. The maximum Gasteiger partial charge on any atom is 0.339 e. The lowest BCUT2D eigenvalue weighted by atomic mass is 10.1. The molecule has 0 unspecified atom stereocenters. The maximum atomic E-state index is 12.2. The molecule has 0 atom stereocenters. The zero-order chi connectivity index (χ0) is 15.4. The molecule has 0 aromatic heterocycles. The summed E-state index contributed by atoms with van der Waals surface area (Å²) in [5.41, 5.74) is 2.89. The van der Waals surface area contributed by atoms with Gasteiger partial charge in [-0.15, -0.1) is 0 Å². The Balaban J connectivity index is 2.68. The minimum atomic E-state index is -0.415. The van der Waals surface area contributed by atoms with E-state index in [-0.39, 0.29) is 0 Å². The second-order valence-electron chi connectivity index (χ2n) is 4.55. The van der Waals surface area contributed by atoms with E-state index in [9.17, 15) is 9.59 Å². The summed E-state index contributed by atoms with van der Waals surface area (Å²) in [6.45, 7) is 5.84. The van der Waals surface area contributed by atoms with Gasteiger partial charge < -0.3 is 9.47 Å². The summed E-state index contributed by atoms with van der Waals surface area (Å²) in [5.74, 6) is -0.830. The summed E-state index contributed by atoms with van der Waals surface area (Å²) in [4.78, 5) is 24.4. The van der Waals surface area contributed by atoms with E-state index >= 15 is 0 Å². The van der Waals surface area contributed by atoms with Gasteiger partial charge in [0, 0.05) is 0 Å². The van der Waals surface area contributed by atoms with Gasteiger partial charge in [0.15, 0.2) is 0 Å². The third-order valence-corrected chi connectivity index (χ3v) is 3.29. The average Bonchev–Trinajstić information content (AvgIpc) is 2.59. The van der Waals surface area contributed by atoms with Gasteiger partial charge in [0.1, 0.15) is 0 Å². The minimum absolute atomic E-state index is 0.290. The van der Waals surface area contributed by atoms with Gasteiger partial charge in [0.05, 0.1) is 24.3 Å². The summed E-state index contributed by atoms with van der Waals surface area (Å²) in [6.07, 6.45) is 0. The molecule has 2 rings (SSSR count). The number of hydrogen-bond donors (Lipinski definition) is 0. The van der Waals surface area contributed by atoms with Crippen LogP contribution in [0.4, 0.5) is 0 Å². The first kappa shape index (κ1) is 15.0. The van der Waals surface area contributed by atoms with E-state index in [1.54, 1.807) is 20.8 Å². The molecule has 4 nitrogen and oxygen atoms in total. The fraction of sp³-hybridized carbons (Fsp3) is 0.294. The Morgan fingerprint density at radius 1 is 0.857 bits per heavy atom. The lowest BCUT2D eigenvalue weighted by Crippen LogP contribution is -2.08. The molecule has 0 saturated carbocycles. The molecule has 0 radical (unpaired) electrons. The van der Waals surface area contributed by atoms with Crippen molar-refractivity contribution in [2.75, 3.05) is 13.2 Å². The lowest BCUT2D eigenvalue weighted by Gasteiger charge is -2.03. The van der Waals surface area contributed by atoms with Crippen LogP contribution in [-0.4, -0.2) is 25.2 Å². The second kappa shape index (κ2) is 6.39. The van der Waals surface area contributed by atoms with Crippen molar-refractivity contribution in [3.8, 4) is 11.1 Å². The lowest BCUT2D eigenvalue weighted by molar-refractivity contribution is 0.0525. The SMILES string of the molecule is CCOC(=O)c1c2cccccc-2c(C(=O)OCC)c1C. The van der Waals surface area contributed by atoms with Crippen molar-refractivity contribution in [3.05, 3.63) is 47.0 Å². The number of esters is 2. The first-order valence-electron chi connectivity index (χ1n) is 6.97. The normalized spacial score (nSPS) is 10.4. The van der Waals surface area contributed by atoms with Gasteiger partial charge in [-0.1, -0.05) is 30.3 Å². The highest BCUT2D eigenvalue weighted by molar-refractivity contribution is 6.10. The van der Waals surface area contributed by atoms with E-state index < -0.39 is 11.9 Å². The van der Waals surface area contributed by atoms with Crippen LogP contribution in [0, 0.1) is 6.92 Å². The molecule has 0 heterocycles. The van der Waals surface area contributed by atoms with Crippen molar-refractivity contribution >= 4 is 11.9 Å². The average molecular weight is 286 g/mol. The fourth-order valence-electron chi connectivity index (χ4n) is 2.44. The highest BCUT2D eigenvalue weighted by atomic mass is 16.5. The van der Waals surface area contributed by atoms with E-state index in [2.05, 4.69) is 0 Å². The summed E-state index contributed by atoms with van der Waals surface area (Å²) in [6, 6.07) is 9.15.